The van der Waals surface area contributed by atoms with Crippen LogP contribution in [0.25, 0.3) is 0 Å². The molecule has 1 aliphatic heterocycles. The van der Waals surface area contributed by atoms with Gasteiger partial charge in [0.05, 0.1) is 18.3 Å². The lowest BCUT2D eigenvalue weighted by atomic mass is 10.1. The van der Waals surface area contributed by atoms with Gasteiger partial charge >= 0.3 is 0 Å². The molecule has 1 unspecified atom stereocenters. The lowest BCUT2D eigenvalue weighted by molar-refractivity contribution is -0.133. The average Bonchev–Trinajstić information content (AvgIpc) is 3.12. The molecule has 1 aliphatic rings. The normalized spacial score (nSPS) is 16.4. The summed E-state index contributed by atoms with van der Waals surface area (Å²) in [6.07, 6.45) is 1.77. The standard InChI is InChI=1S/C20H23N3O3/c1-14-8-10-16(11-9-14)26-19-7-3-5-17(22-19)18-6-4-12-23(18)20(25)13-21-15(2)24/h3,5,7-11,18H,4,6,12-13H2,1-2H3,(H,21,24). The van der Waals surface area contributed by atoms with Crippen LogP contribution in [-0.2, 0) is 9.59 Å². The van der Waals surface area contributed by atoms with Crippen molar-refractivity contribution in [2.45, 2.75) is 32.7 Å². The second kappa shape index (κ2) is 7.99. The quantitative estimate of drug-likeness (QED) is 0.897. The van der Waals surface area contributed by atoms with E-state index in [-0.39, 0.29) is 24.4 Å². The Morgan fingerprint density at radius 2 is 2.00 bits per heavy atom. The topological polar surface area (TPSA) is 71.5 Å². The minimum Gasteiger partial charge on any atom is -0.439 e. The number of pyridine rings is 1. The molecule has 1 atom stereocenters. The zero-order valence-electron chi connectivity index (χ0n) is 15.1. The number of ether oxygens (including phenoxy) is 1. The van der Waals surface area contributed by atoms with Crippen molar-refractivity contribution in [2.75, 3.05) is 13.1 Å². The smallest absolute Gasteiger partial charge is 0.242 e. The van der Waals surface area contributed by atoms with E-state index in [1.54, 1.807) is 4.90 Å². The third-order valence-corrected chi connectivity index (χ3v) is 4.39. The highest BCUT2D eigenvalue weighted by Gasteiger charge is 2.30. The van der Waals surface area contributed by atoms with E-state index in [1.807, 2.05) is 49.4 Å². The summed E-state index contributed by atoms with van der Waals surface area (Å²) in [6.45, 7) is 4.12. The summed E-state index contributed by atoms with van der Waals surface area (Å²) in [7, 11) is 0. The van der Waals surface area contributed by atoms with Crippen molar-refractivity contribution >= 4 is 11.8 Å². The maximum Gasteiger partial charge on any atom is 0.242 e. The highest BCUT2D eigenvalue weighted by atomic mass is 16.5. The van der Waals surface area contributed by atoms with Crippen LogP contribution in [0.5, 0.6) is 11.6 Å². The Morgan fingerprint density at radius 3 is 2.73 bits per heavy atom. The first-order valence-electron chi connectivity index (χ1n) is 8.78. The number of nitrogens with one attached hydrogen (secondary N) is 1. The summed E-state index contributed by atoms with van der Waals surface area (Å²) in [6, 6.07) is 13.3. The maximum absolute atomic E-state index is 12.4. The van der Waals surface area contributed by atoms with Gasteiger partial charge in [-0.3, -0.25) is 9.59 Å². The Morgan fingerprint density at radius 1 is 1.23 bits per heavy atom. The van der Waals surface area contributed by atoms with Crippen LogP contribution in [-0.4, -0.2) is 34.8 Å². The van der Waals surface area contributed by atoms with E-state index in [0.29, 0.717) is 12.4 Å². The second-order valence-electron chi connectivity index (χ2n) is 6.47. The molecular formula is C20H23N3O3. The molecule has 1 fully saturated rings. The summed E-state index contributed by atoms with van der Waals surface area (Å²) in [5.74, 6) is 0.938. The molecule has 136 valence electrons. The summed E-state index contributed by atoms with van der Waals surface area (Å²) >= 11 is 0. The lowest BCUT2D eigenvalue weighted by Crippen LogP contribution is -2.39. The molecule has 3 rings (SSSR count). The average molecular weight is 353 g/mol. The molecule has 1 aromatic heterocycles. The molecule has 0 aliphatic carbocycles. The summed E-state index contributed by atoms with van der Waals surface area (Å²) in [4.78, 5) is 29.8. The maximum atomic E-state index is 12.4. The first-order valence-corrected chi connectivity index (χ1v) is 8.78. The van der Waals surface area contributed by atoms with Gasteiger partial charge in [-0.05, 0) is 38.0 Å². The van der Waals surface area contributed by atoms with Crippen molar-refractivity contribution in [3.63, 3.8) is 0 Å². The molecular weight excluding hydrogens is 330 g/mol. The Bertz CT molecular complexity index is 789. The van der Waals surface area contributed by atoms with Crippen molar-refractivity contribution in [1.29, 1.82) is 0 Å². The Kier molecular flexibility index (Phi) is 5.51. The number of hydrogen-bond acceptors (Lipinski definition) is 4. The van der Waals surface area contributed by atoms with Gasteiger partial charge < -0.3 is 15.0 Å². The molecule has 2 amide bonds. The number of nitrogens with zero attached hydrogens (tertiary/aromatic N) is 2. The van der Waals surface area contributed by atoms with Crippen molar-refractivity contribution in [3.8, 4) is 11.6 Å². The Hall–Kier alpha value is -2.89. The molecule has 0 radical (unpaired) electrons. The fourth-order valence-corrected chi connectivity index (χ4v) is 3.07. The first kappa shape index (κ1) is 17.9. The van der Waals surface area contributed by atoms with E-state index in [0.717, 1.165) is 24.3 Å². The van der Waals surface area contributed by atoms with Gasteiger partial charge in [0.2, 0.25) is 17.7 Å². The number of rotatable bonds is 5. The molecule has 26 heavy (non-hydrogen) atoms. The SMILES string of the molecule is CC(=O)NCC(=O)N1CCCC1c1cccc(Oc2ccc(C)cc2)n1. The number of hydrogen-bond donors (Lipinski definition) is 1. The molecule has 6 nitrogen and oxygen atoms in total. The minimum atomic E-state index is -0.208. The lowest BCUT2D eigenvalue weighted by Gasteiger charge is -2.24. The predicted octanol–water partition coefficient (Wildman–Crippen LogP) is 2.98. The Balaban J connectivity index is 1.72. The number of aryl methyl sites for hydroxylation is 1. The van der Waals surface area contributed by atoms with Crippen LogP contribution in [0.3, 0.4) is 0 Å². The predicted molar refractivity (Wildman–Crippen MR) is 97.9 cm³/mol. The highest BCUT2D eigenvalue weighted by Crippen LogP contribution is 2.32. The second-order valence-corrected chi connectivity index (χ2v) is 6.47. The molecule has 6 heteroatoms. The third kappa shape index (κ3) is 4.39. The van der Waals surface area contributed by atoms with Gasteiger partial charge in [0, 0.05) is 19.5 Å². The molecule has 1 aromatic carbocycles. The van der Waals surface area contributed by atoms with Crippen LogP contribution in [0.15, 0.2) is 42.5 Å². The van der Waals surface area contributed by atoms with Crippen LogP contribution in [0.4, 0.5) is 0 Å². The number of amides is 2. The summed E-state index contributed by atoms with van der Waals surface area (Å²) in [5, 5.41) is 2.57. The summed E-state index contributed by atoms with van der Waals surface area (Å²) in [5.41, 5.74) is 1.97. The first-order chi connectivity index (χ1) is 12.5. The van der Waals surface area contributed by atoms with Crippen molar-refractivity contribution in [3.05, 3.63) is 53.7 Å². The van der Waals surface area contributed by atoms with Gasteiger partial charge in [-0.15, -0.1) is 0 Å². The fourth-order valence-electron chi connectivity index (χ4n) is 3.07. The number of likely N-dealkylation sites (tertiary alicyclic amines) is 1. The number of carbonyl (C=O) groups excluding carboxylic acids is 2. The zero-order chi connectivity index (χ0) is 18.5. The van der Waals surface area contributed by atoms with Gasteiger partial charge in [0.25, 0.3) is 0 Å². The molecule has 2 heterocycles. The van der Waals surface area contributed by atoms with E-state index in [4.69, 9.17) is 4.74 Å². The molecule has 0 saturated carbocycles. The van der Waals surface area contributed by atoms with Crippen LogP contribution in [0, 0.1) is 6.92 Å². The van der Waals surface area contributed by atoms with E-state index in [9.17, 15) is 9.59 Å². The number of aromatic nitrogens is 1. The third-order valence-electron chi connectivity index (χ3n) is 4.39. The molecule has 1 saturated heterocycles. The largest absolute Gasteiger partial charge is 0.439 e. The van der Waals surface area contributed by atoms with Gasteiger partial charge in [-0.2, -0.15) is 0 Å². The molecule has 1 N–H and O–H groups in total. The molecule has 0 spiro atoms. The van der Waals surface area contributed by atoms with Crippen molar-refractivity contribution < 1.29 is 14.3 Å². The Labute approximate surface area is 153 Å². The minimum absolute atomic E-state index is 0.0192. The van der Waals surface area contributed by atoms with E-state index < -0.39 is 0 Å². The van der Waals surface area contributed by atoms with Crippen LogP contribution in [0.1, 0.15) is 37.1 Å². The van der Waals surface area contributed by atoms with Crippen LogP contribution < -0.4 is 10.1 Å². The van der Waals surface area contributed by atoms with Crippen molar-refractivity contribution in [1.82, 2.24) is 15.2 Å². The zero-order valence-corrected chi connectivity index (χ0v) is 15.1. The van der Waals surface area contributed by atoms with Crippen LogP contribution in [0.2, 0.25) is 0 Å². The van der Waals surface area contributed by atoms with Gasteiger partial charge in [-0.1, -0.05) is 23.8 Å². The monoisotopic (exact) mass is 353 g/mol. The molecule has 2 aromatic rings. The summed E-state index contributed by atoms with van der Waals surface area (Å²) < 4.78 is 5.84. The van der Waals surface area contributed by atoms with Gasteiger partial charge in [0.1, 0.15) is 5.75 Å². The van der Waals surface area contributed by atoms with Crippen LogP contribution >= 0.6 is 0 Å². The number of carbonyl (C=O) groups is 2. The highest BCUT2D eigenvalue weighted by molar-refractivity contribution is 5.84. The van der Waals surface area contributed by atoms with E-state index in [2.05, 4.69) is 10.3 Å². The van der Waals surface area contributed by atoms with Gasteiger partial charge in [-0.25, -0.2) is 4.98 Å². The van der Waals surface area contributed by atoms with Crippen molar-refractivity contribution in [2.24, 2.45) is 0 Å². The number of benzene rings is 1. The van der Waals surface area contributed by atoms with E-state index >= 15 is 0 Å². The van der Waals surface area contributed by atoms with E-state index in [1.165, 1.54) is 12.5 Å². The fraction of sp³-hybridized carbons (Fsp3) is 0.350. The molecule has 0 bridgehead atoms. The van der Waals surface area contributed by atoms with Gasteiger partial charge in [0.15, 0.2) is 0 Å².